The smallest absolute Gasteiger partial charge is 0.254 e. The number of carbonyl (C=O) groups is 2. The maximum absolute atomic E-state index is 12.9. The van der Waals surface area contributed by atoms with E-state index in [0.29, 0.717) is 43.9 Å². The Morgan fingerprint density at radius 2 is 1.92 bits per heavy atom. The number of anilines is 1. The molecular formula is C17H24N4O4S. The summed E-state index contributed by atoms with van der Waals surface area (Å²) in [6, 6.07) is 5.89. The number of sulfonamides is 1. The average Bonchev–Trinajstić information content (AvgIpc) is 2.60. The Morgan fingerprint density at radius 1 is 1.15 bits per heavy atom. The Hall–Kier alpha value is -2.13. The van der Waals surface area contributed by atoms with E-state index in [9.17, 15) is 18.0 Å². The molecule has 3 rings (SSSR count). The number of amides is 2. The quantitative estimate of drug-likeness (QED) is 0.786. The minimum atomic E-state index is -3.35. The van der Waals surface area contributed by atoms with Gasteiger partial charge in [-0.2, -0.15) is 0 Å². The normalized spacial score (nSPS) is 23.7. The molecule has 2 fully saturated rings. The highest BCUT2D eigenvalue weighted by atomic mass is 32.2. The number of nitrogens with two attached hydrogens (primary N) is 1. The fourth-order valence-electron chi connectivity index (χ4n) is 3.44. The second-order valence-electron chi connectivity index (χ2n) is 6.82. The molecule has 1 aromatic carbocycles. The molecule has 2 saturated heterocycles. The molecular weight excluding hydrogens is 356 g/mol. The van der Waals surface area contributed by atoms with Crippen molar-refractivity contribution < 1.29 is 18.0 Å². The largest absolute Gasteiger partial charge is 0.368 e. The summed E-state index contributed by atoms with van der Waals surface area (Å²) in [6.07, 6.45) is 1.44. The van der Waals surface area contributed by atoms with Crippen LogP contribution in [-0.4, -0.2) is 75.1 Å². The number of carbonyl (C=O) groups excluding carboxylic acids is 2. The maximum atomic E-state index is 12.9. The standard InChI is InChI=1S/C17H24N4O4S/c1-19-8-9-20(15(12-19)16(18)22)17(23)13-5-4-6-14(11-13)21-7-2-3-10-26(21,24)25/h4-6,11,15H,2-3,7-10,12H2,1H3,(H2,18,22). The molecule has 0 spiro atoms. The van der Waals surface area contributed by atoms with Gasteiger partial charge in [0.1, 0.15) is 6.04 Å². The molecule has 2 amide bonds. The van der Waals surface area contributed by atoms with Crippen molar-refractivity contribution in [2.45, 2.75) is 18.9 Å². The Balaban J connectivity index is 1.87. The molecule has 26 heavy (non-hydrogen) atoms. The first kappa shape index (κ1) is 18.7. The van der Waals surface area contributed by atoms with E-state index in [1.165, 1.54) is 9.21 Å². The van der Waals surface area contributed by atoms with E-state index < -0.39 is 22.0 Å². The van der Waals surface area contributed by atoms with E-state index in [1.54, 1.807) is 24.3 Å². The average molecular weight is 380 g/mol. The number of benzene rings is 1. The van der Waals surface area contributed by atoms with Crippen molar-refractivity contribution in [3.8, 4) is 0 Å². The summed E-state index contributed by atoms with van der Waals surface area (Å²) in [6.45, 7) is 1.85. The van der Waals surface area contributed by atoms with Crippen LogP contribution < -0.4 is 10.0 Å². The van der Waals surface area contributed by atoms with Crippen LogP contribution in [0.25, 0.3) is 0 Å². The van der Waals surface area contributed by atoms with Crippen LogP contribution in [0.1, 0.15) is 23.2 Å². The van der Waals surface area contributed by atoms with Crippen molar-refractivity contribution in [1.29, 1.82) is 0 Å². The lowest BCUT2D eigenvalue weighted by atomic mass is 10.1. The van der Waals surface area contributed by atoms with Crippen LogP contribution in [0.4, 0.5) is 5.69 Å². The van der Waals surface area contributed by atoms with E-state index in [4.69, 9.17) is 5.73 Å². The number of nitrogens with zero attached hydrogens (tertiary/aromatic N) is 3. The van der Waals surface area contributed by atoms with Crippen LogP contribution in [0.3, 0.4) is 0 Å². The lowest BCUT2D eigenvalue weighted by Crippen LogP contribution is -2.59. The zero-order valence-corrected chi connectivity index (χ0v) is 15.6. The molecule has 2 N–H and O–H groups in total. The summed E-state index contributed by atoms with van der Waals surface area (Å²) in [5, 5.41) is 0. The van der Waals surface area contributed by atoms with Crippen molar-refractivity contribution >= 4 is 27.5 Å². The molecule has 0 radical (unpaired) electrons. The summed E-state index contributed by atoms with van der Waals surface area (Å²) >= 11 is 0. The number of hydrogen-bond acceptors (Lipinski definition) is 5. The summed E-state index contributed by atoms with van der Waals surface area (Å²) in [5.41, 5.74) is 6.32. The Morgan fingerprint density at radius 3 is 2.62 bits per heavy atom. The highest BCUT2D eigenvalue weighted by Gasteiger charge is 2.34. The molecule has 0 aliphatic carbocycles. The fourth-order valence-corrected chi connectivity index (χ4v) is 5.08. The van der Waals surface area contributed by atoms with Gasteiger partial charge in [0, 0.05) is 31.7 Å². The summed E-state index contributed by atoms with van der Waals surface area (Å²) < 4.78 is 26.0. The van der Waals surface area contributed by atoms with E-state index in [1.807, 2.05) is 11.9 Å². The fraction of sp³-hybridized carbons (Fsp3) is 0.529. The molecule has 2 aliphatic heterocycles. The molecule has 0 bridgehead atoms. The molecule has 0 saturated carbocycles. The third-order valence-electron chi connectivity index (χ3n) is 4.90. The van der Waals surface area contributed by atoms with Crippen molar-refractivity contribution in [2.75, 3.05) is 43.3 Å². The van der Waals surface area contributed by atoms with Gasteiger partial charge in [0.05, 0.1) is 11.4 Å². The van der Waals surface area contributed by atoms with Gasteiger partial charge in [-0.25, -0.2) is 8.42 Å². The van der Waals surface area contributed by atoms with Crippen LogP contribution in [0, 0.1) is 0 Å². The summed E-state index contributed by atoms with van der Waals surface area (Å²) in [7, 11) is -1.47. The Bertz CT molecular complexity index is 811. The van der Waals surface area contributed by atoms with Gasteiger partial charge >= 0.3 is 0 Å². The van der Waals surface area contributed by atoms with E-state index >= 15 is 0 Å². The molecule has 2 aliphatic rings. The van der Waals surface area contributed by atoms with E-state index in [-0.39, 0.29) is 11.7 Å². The maximum Gasteiger partial charge on any atom is 0.254 e. The number of primary amides is 1. The van der Waals surface area contributed by atoms with Gasteiger partial charge in [-0.3, -0.25) is 13.9 Å². The molecule has 8 nitrogen and oxygen atoms in total. The lowest BCUT2D eigenvalue weighted by molar-refractivity contribution is -0.124. The lowest BCUT2D eigenvalue weighted by Gasteiger charge is -2.38. The molecule has 1 atom stereocenters. The van der Waals surface area contributed by atoms with E-state index in [2.05, 4.69) is 0 Å². The van der Waals surface area contributed by atoms with Gasteiger partial charge in [0.25, 0.3) is 5.91 Å². The predicted molar refractivity (Wildman–Crippen MR) is 98.3 cm³/mol. The number of likely N-dealkylation sites (N-methyl/N-ethyl adjacent to an activating group) is 1. The summed E-state index contributed by atoms with van der Waals surface area (Å²) in [4.78, 5) is 28.1. The van der Waals surface area contributed by atoms with Crippen LogP contribution in [0.15, 0.2) is 24.3 Å². The molecule has 1 aromatic rings. The Labute approximate surface area is 153 Å². The number of piperazine rings is 1. The molecule has 2 heterocycles. The van der Waals surface area contributed by atoms with Crippen LogP contribution in [0.5, 0.6) is 0 Å². The van der Waals surface area contributed by atoms with Gasteiger partial charge < -0.3 is 15.5 Å². The van der Waals surface area contributed by atoms with Crippen LogP contribution in [-0.2, 0) is 14.8 Å². The van der Waals surface area contributed by atoms with Gasteiger partial charge in [-0.15, -0.1) is 0 Å². The highest BCUT2D eigenvalue weighted by Crippen LogP contribution is 2.25. The predicted octanol–water partition coefficient (Wildman–Crippen LogP) is -0.142. The summed E-state index contributed by atoms with van der Waals surface area (Å²) in [5.74, 6) is -0.731. The van der Waals surface area contributed by atoms with Crippen molar-refractivity contribution in [1.82, 2.24) is 9.80 Å². The second-order valence-corrected chi connectivity index (χ2v) is 8.84. The molecule has 0 aromatic heterocycles. The number of rotatable bonds is 3. The van der Waals surface area contributed by atoms with E-state index in [0.717, 1.165) is 6.42 Å². The first-order valence-electron chi connectivity index (χ1n) is 8.69. The first-order valence-corrected chi connectivity index (χ1v) is 10.3. The first-order chi connectivity index (χ1) is 12.3. The molecule has 1 unspecified atom stereocenters. The zero-order chi connectivity index (χ0) is 18.9. The molecule has 142 valence electrons. The third-order valence-corrected chi connectivity index (χ3v) is 6.77. The van der Waals surface area contributed by atoms with Crippen LogP contribution in [0.2, 0.25) is 0 Å². The van der Waals surface area contributed by atoms with Gasteiger partial charge in [0.15, 0.2) is 0 Å². The van der Waals surface area contributed by atoms with Crippen molar-refractivity contribution in [3.05, 3.63) is 29.8 Å². The van der Waals surface area contributed by atoms with Crippen molar-refractivity contribution in [3.63, 3.8) is 0 Å². The minimum absolute atomic E-state index is 0.118. The third kappa shape index (κ3) is 3.68. The van der Waals surface area contributed by atoms with Crippen molar-refractivity contribution in [2.24, 2.45) is 5.73 Å². The minimum Gasteiger partial charge on any atom is -0.368 e. The van der Waals surface area contributed by atoms with Gasteiger partial charge in [-0.1, -0.05) is 6.07 Å². The van der Waals surface area contributed by atoms with Gasteiger partial charge in [0.2, 0.25) is 15.9 Å². The SMILES string of the molecule is CN1CCN(C(=O)c2cccc(N3CCCCS3(=O)=O)c2)C(C(N)=O)C1. The van der Waals surface area contributed by atoms with Crippen LogP contribution >= 0.6 is 0 Å². The molecule has 9 heteroatoms. The topological polar surface area (TPSA) is 104 Å². The zero-order valence-electron chi connectivity index (χ0n) is 14.8. The highest BCUT2D eigenvalue weighted by molar-refractivity contribution is 7.92. The van der Waals surface area contributed by atoms with Gasteiger partial charge in [-0.05, 0) is 38.1 Å². The Kier molecular flexibility index (Phi) is 5.19. The second kappa shape index (κ2) is 7.24. The monoisotopic (exact) mass is 380 g/mol. The number of hydrogen-bond donors (Lipinski definition) is 1.